The van der Waals surface area contributed by atoms with E-state index in [2.05, 4.69) is 24.5 Å². The van der Waals surface area contributed by atoms with Crippen molar-refractivity contribution in [3.05, 3.63) is 23.8 Å². The van der Waals surface area contributed by atoms with Crippen LogP contribution >= 0.6 is 0 Å². The molecule has 1 fully saturated rings. The smallest absolute Gasteiger partial charge is 0.342 e. The summed E-state index contributed by atoms with van der Waals surface area (Å²) < 4.78 is 4.77. The Bertz CT molecular complexity index is 690. The molecule has 1 saturated carbocycles. The van der Waals surface area contributed by atoms with Gasteiger partial charge in [0.2, 0.25) is 0 Å². The average Bonchev–Trinajstić information content (AvgIpc) is 2.57. The van der Waals surface area contributed by atoms with E-state index in [0.29, 0.717) is 11.8 Å². The van der Waals surface area contributed by atoms with Crippen LogP contribution in [0.15, 0.2) is 18.2 Å². The first-order valence-electron chi connectivity index (χ1n) is 8.57. The first kappa shape index (κ1) is 19.6. The Morgan fingerprint density at radius 2 is 1.92 bits per heavy atom. The van der Waals surface area contributed by atoms with Gasteiger partial charge in [-0.05, 0) is 30.4 Å². The van der Waals surface area contributed by atoms with Gasteiger partial charge in [0.05, 0.1) is 0 Å². The lowest BCUT2D eigenvalue weighted by Crippen LogP contribution is -2.49. The van der Waals surface area contributed by atoms with Crippen molar-refractivity contribution >= 4 is 17.9 Å². The average molecular weight is 364 g/mol. The Labute approximate surface area is 151 Å². The largest absolute Gasteiger partial charge is 0.508 e. The van der Waals surface area contributed by atoms with Gasteiger partial charge >= 0.3 is 12.0 Å². The highest BCUT2D eigenvalue weighted by Crippen LogP contribution is 2.29. The number of esters is 1. The molecule has 0 bridgehead atoms. The Kier molecular flexibility index (Phi) is 6.43. The lowest BCUT2D eigenvalue weighted by molar-refractivity contribution is -0.123. The van der Waals surface area contributed by atoms with Crippen molar-refractivity contribution in [3.8, 4) is 11.5 Å². The van der Waals surface area contributed by atoms with Gasteiger partial charge in [0.15, 0.2) is 6.61 Å². The van der Waals surface area contributed by atoms with E-state index >= 15 is 0 Å². The zero-order chi connectivity index (χ0) is 19.3. The van der Waals surface area contributed by atoms with Crippen LogP contribution in [0.1, 0.15) is 43.5 Å². The van der Waals surface area contributed by atoms with E-state index in [1.807, 2.05) is 0 Å². The van der Waals surface area contributed by atoms with Crippen molar-refractivity contribution < 1.29 is 29.3 Å². The van der Waals surface area contributed by atoms with E-state index in [4.69, 9.17) is 4.74 Å². The number of nitrogens with one attached hydrogen (secondary N) is 2. The van der Waals surface area contributed by atoms with Gasteiger partial charge in [0.25, 0.3) is 5.91 Å². The fraction of sp³-hybridized carbons (Fsp3) is 0.500. The minimum Gasteiger partial charge on any atom is -0.508 e. The highest BCUT2D eigenvalue weighted by atomic mass is 16.5. The fourth-order valence-electron chi connectivity index (χ4n) is 3.05. The zero-order valence-electron chi connectivity index (χ0n) is 14.8. The van der Waals surface area contributed by atoms with Crippen LogP contribution in [0.2, 0.25) is 0 Å². The summed E-state index contributed by atoms with van der Waals surface area (Å²) in [5.74, 6) is -1.56. The molecule has 1 aromatic rings. The van der Waals surface area contributed by atoms with Crippen molar-refractivity contribution in [2.45, 2.75) is 39.2 Å². The van der Waals surface area contributed by atoms with Crippen molar-refractivity contribution in [1.82, 2.24) is 10.6 Å². The number of imide groups is 1. The molecule has 3 unspecified atom stereocenters. The van der Waals surface area contributed by atoms with Crippen molar-refractivity contribution in [2.24, 2.45) is 11.8 Å². The van der Waals surface area contributed by atoms with Crippen LogP contribution < -0.4 is 10.6 Å². The molecule has 0 aromatic heterocycles. The van der Waals surface area contributed by atoms with Crippen LogP contribution in [0.5, 0.6) is 11.5 Å². The van der Waals surface area contributed by atoms with Crippen LogP contribution in [0, 0.1) is 11.8 Å². The number of benzene rings is 1. The summed E-state index contributed by atoms with van der Waals surface area (Å²) in [5.41, 5.74) is -0.190. The third-order valence-corrected chi connectivity index (χ3v) is 4.81. The molecule has 26 heavy (non-hydrogen) atoms. The number of aromatic hydroxyl groups is 2. The van der Waals surface area contributed by atoms with Gasteiger partial charge in [-0.1, -0.05) is 26.7 Å². The third kappa shape index (κ3) is 5.11. The van der Waals surface area contributed by atoms with Crippen LogP contribution in [-0.2, 0) is 9.53 Å². The molecule has 8 nitrogen and oxygen atoms in total. The molecule has 1 aromatic carbocycles. The second kappa shape index (κ2) is 8.55. The second-order valence-electron chi connectivity index (χ2n) is 6.67. The van der Waals surface area contributed by atoms with E-state index in [0.717, 1.165) is 25.3 Å². The standard InChI is InChI=1S/C18H24N2O6/c1-10-4-3-5-14(11(10)2)19-18(25)20-16(23)9-26-17(24)13-7-6-12(21)8-15(13)22/h6-8,10-11,14,21-22H,3-5,9H2,1-2H3,(H2,19,20,23,25). The van der Waals surface area contributed by atoms with Crippen molar-refractivity contribution in [2.75, 3.05) is 6.61 Å². The number of urea groups is 1. The molecule has 2 rings (SSSR count). The Morgan fingerprint density at radius 3 is 2.62 bits per heavy atom. The summed E-state index contributed by atoms with van der Waals surface area (Å²) in [4.78, 5) is 35.5. The van der Waals surface area contributed by atoms with Gasteiger partial charge in [0, 0.05) is 12.1 Å². The van der Waals surface area contributed by atoms with Crippen molar-refractivity contribution in [3.63, 3.8) is 0 Å². The Hall–Kier alpha value is -2.77. The number of hydrogen-bond donors (Lipinski definition) is 4. The maximum absolute atomic E-state index is 11.9. The van der Waals surface area contributed by atoms with Gasteiger partial charge in [-0.3, -0.25) is 10.1 Å². The first-order valence-corrected chi connectivity index (χ1v) is 8.57. The zero-order valence-corrected chi connectivity index (χ0v) is 14.8. The van der Waals surface area contributed by atoms with Gasteiger partial charge in [0.1, 0.15) is 17.1 Å². The molecule has 3 atom stereocenters. The second-order valence-corrected chi connectivity index (χ2v) is 6.67. The number of amides is 3. The summed E-state index contributed by atoms with van der Waals surface area (Å²) in [6, 6.07) is 2.74. The predicted octanol–water partition coefficient (Wildman–Crippen LogP) is 1.91. The maximum atomic E-state index is 11.9. The number of phenolic OH excluding ortho intramolecular Hbond substituents is 2. The maximum Gasteiger partial charge on any atom is 0.342 e. The summed E-state index contributed by atoms with van der Waals surface area (Å²) in [6.07, 6.45) is 3.01. The molecule has 0 radical (unpaired) electrons. The van der Waals surface area contributed by atoms with Crippen LogP contribution in [0.25, 0.3) is 0 Å². The van der Waals surface area contributed by atoms with Crippen LogP contribution in [0.4, 0.5) is 4.79 Å². The highest BCUT2D eigenvalue weighted by molar-refractivity contribution is 5.97. The topological polar surface area (TPSA) is 125 Å². The fourth-order valence-corrected chi connectivity index (χ4v) is 3.05. The monoisotopic (exact) mass is 364 g/mol. The number of carbonyl (C=O) groups is 3. The van der Waals surface area contributed by atoms with E-state index in [9.17, 15) is 24.6 Å². The summed E-state index contributed by atoms with van der Waals surface area (Å²) in [7, 11) is 0. The molecule has 4 N–H and O–H groups in total. The molecular formula is C18H24N2O6. The Morgan fingerprint density at radius 1 is 1.19 bits per heavy atom. The summed E-state index contributed by atoms with van der Waals surface area (Å²) in [5, 5.41) is 23.7. The van der Waals surface area contributed by atoms with Crippen molar-refractivity contribution in [1.29, 1.82) is 0 Å². The summed E-state index contributed by atoms with van der Waals surface area (Å²) in [6.45, 7) is 3.55. The van der Waals surface area contributed by atoms with Crippen LogP contribution in [0.3, 0.4) is 0 Å². The molecule has 0 spiro atoms. The molecule has 142 valence electrons. The van der Waals surface area contributed by atoms with Gasteiger partial charge < -0.3 is 20.3 Å². The van der Waals surface area contributed by atoms with E-state index in [1.165, 1.54) is 12.1 Å². The molecule has 0 aliphatic heterocycles. The molecule has 8 heteroatoms. The molecule has 1 aliphatic carbocycles. The number of hydrogen-bond acceptors (Lipinski definition) is 6. The quantitative estimate of drug-likeness (QED) is 0.605. The minimum absolute atomic E-state index is 0.00282. The van der Waals surface area contributed by atoms with Crippen LogP contribution in [-0.4, -0.2) is 40.8 Å². The molecular weight excluding hydrogens is 340 g/mol. The normalized spacial score (nSPS) is 22.3. The highest BCUT2D eigenvalue weighted by Gasteiger charge is 2.28. The molecule has 0 saturated heterocycles. The SMILES string of the molecule is CC1CCCC(NC(=O)NC(=O)COC(=O)c2ccc(O)cc2O)C1C. The van der Waals surface area contributed by atoms with Gasteiger partial charge in [-0.15, -0.1) is 0 Å². The van der Waals surface area contributed by atoms with E-state index in [1.54, 1.807) is 0 Å². The van der Waals surface area contributed by atoms with Gasteiger partial charge in [-0.2, -0.15) is 0 Å². The number of carbonyl (C=O) groups excluding carboxylic acids is 3. The number of rotatable bonds is 4. The lowest BCUT2D eigenvalue weighted by Gasteiger charge is -2.34. The number of ether oxygens (including phenoxy) is 1. The summed E-state index contributed by atoms with van der Waals surface area (Å²) >= 11 is 0. The minimum atomic E-state index is -0.937. The van der Waals surface area contributed by atoms with E-state index < -0.39 is 30.3 Å². The molecule has 0 heterocycles. The van der Waals surface area contributed by atoms with Gasteiger partial charge in [-0.25, -0.2) is 9.59 Å². The third-order valence-electron chi connectivity index (χ3n) is 4.81. The Balaban J connectivity index is 1.79. The van der Waals surface area contributed by atoms with E-state index in [-0.39, 0.29) is 17.4 Å². The lowest BCUT2D eigenvalue weighted by atomic mass is 9.78. The first-order chi connectivity index (χ1) is 12.3. The predicted molar refractivity (Wildman–Crippen MR) is 92.7 cm³/mol. The molecule has 1 aliphatic rings. The molecule has 3 amide bonds. The number of phenols is 2.